The Balaban J connectivity index is 1.40. The third-order valence-electron chi connectivity index (χ3n) is 5.08. The summed E-state index contributed by atoms with van der Waals surface area (Å²) in [5, 5.41) is 3.60. The van der Waals surface area contributed by atoms with Gasteiger partial charge in [-0.2, -0.15) is 0 Å². The minimum absolute atomic E-state index is 0.165. The fourth-order valence-corrected chi connectivity index (χ4v) is 4.13. The summed E-state index contributed by atoms with van der Waals surface area (Å²) in [6.07, 6.45) is 3.85. The molecule has 1 aromatic carbocycles. The Morgan fingerprint density at radius 2 is 1.84 bits per heavy atom. The lowest BCUT2D eigenvalue weighted by Crippen LogP contribution is -2.51. The Bertz CT molecular complexity index is 656. The number of rotatable bonds is 2. The lowest BCUT2D eigenvalue weighted by molar-refractivity contribution is 0.00684. The monoisotopic (exact) mass is 346 g/mol. The van der Waals surface area contributed by atoms with Crippen LogP contribution < -0.4 is 14.8 Å². The molecule has 1 amide bonds. The summed E-state index contributed by atoms with van der Waals surface area (Å²) in [5.41, 5.74) is 0.595. The van der Waals surface area contributed by atoms with E-state index < -0.39 is 5.60 Å². The number of carbonyl (C=O) groups is 1. The maximum absolute atomic E-state index is 12.5. The summed E-state index contributed by atoms with van der Waals surface area (Å²) in [4.78, 5) is 14.5. The molecule has 2 unspecified atom stereocenters. The van der Waals surface area contributed by atoms with E-state index >= 15 is 0 Å². The Kier molecular flexibility index (Phi) is 3.93. The van der Waals surface area contributed by atoms with Crippen molar-refractivity contribution in [1.82, 2.24) is 4.90 Å². The summed E-state index contributed by atoms with van der Waals surface area (Å²) >= 11 is 0. The number of anilines is 1. The van der Waals surface area contributed by atoms with Gasteiger partial charge in [0.25, 0.3) is 0 Å². The molecular formula is C19H26N2O4. The fourth-order valence-electron chi connectivity index (χ4n) is 4.13. The highest BCUT2D eigenvalue weighted by Crippen LogP contribution is 2.39. The van der Waals surface area contributed by atoms with Crippen molar-refractivity contribution >= 4 is 11.8 Å². The van der Waals surface area contributed by atoms with Crippen molar-refractivity contribution in [2.24, 2.45) is 0 Å². The summed E-state index contributed by atoms with van der Waals surface area (Å²) in [5.74, 6) is 1.59. The van der Waals surface area contributed by atoms with Gasteiger partial charge in [0, 0.05) is 29.9 Å². The summed E-state index contributed by atoms with van der Waals surface area (Å²) in [6, 6.07) is 6.84. The van der Waals surface area contributed by atoms with Crippen LogP contribution in [0.4, 0.5) is 10.5 Å². The lowest BCUT2D eigenvalue weighted by Gasteiger charge is -2.40. The Labute approximate surface area is 148 Å². The van der Waals surface area contributed by atoms with Crippen LogP contribution in [0.5, 0.6) is 11.5 Å². The van der Waals surface area contributed by atoms with Crippen LogP contribution in [-0.4, -0.2) is 41.5 Å². The third kappa shape index (κ3) is 3.34. The number of hydrogen-bond acceptors (Lipinski definition) is 5. The number of ether oxygens (including phenoxy) is 3. The molecule has 2 atom stereocenters. The zero-order chi connectivity index (χ0) is 17.6. The quantitative estimate of drug-likeness (QED) is 0.883. The molecule has 0 aromatic heterocycles. The van der Waals surface area contributed by atoms with Gasteiger partial charge in [0.05, 0.1) is 0 Å². The van der Waals surface area contributed by atoms with Crippen molar-refractivity contribution in [2.45, 2.75) is 70.2 Å². The van der Waals surface area contributed by atoms with E-state index in [1.165, 1.54) is 0 Å². The molecule has 136 valence electrons. The van der Waals surface area contributed by atoms with Crippen LogP contribution in [0, 0.1) is 0 Å². The largest absolute Gasteiger partial charge is 0.454 e. The fraction of sp³-hybridized carbons (Fsp3) is 0.632. The molecule has 3 aliphatic rings. The zero-order valence-electron chi connectivity index (χ0n) is 15.1. The molecule has 2 saturated heterocycles. The average Bonchev–Trinajstić information content (AvgIpc) is 3.08. The lowest BCUT2D eigenvalue weighted by atomic mass is 9.97. The summed E-state index contributed by atoms with van der Waals surface area (Å²) in [6.45, 7) is 6.04. The molecule has 1 aromatic rings. The first-order valence-corrected chi connectivity index (χ1v) is 9.06. The second-order valence-corrected chi connectivity index (χ2v) is 8.15. The zero-order valence-corrected chi connectivity index (χ0v) is 15.1. The van der Waals surface area contributed by atoms with Crippen LogP contribution >= 0.6 is 0 Å². The average molecular weight is 346 g/mol. The molecule has 6 nitrogen and oxygen atoms in total. The number of fused-ring (bicyclic) bond motifs is 3. The van der Waals surface area contributed by atoms with E-state index in [4.69, 9.17) is 14.2 Å². The molecule has 0 radical (unpaired) electrons. The Hall–Kier alpha value is -2.11. The van der Waals surface area contributed by atoms with E-state index in [1.807, 2.05) is 43.9 Å². The molecule has 2 fully saturated rings. The van der Waals surface area contributed by atoms with Crippen LogP contribution in [0.15, 0.2) is 18.2 Å². The first kappa shape index (κ1) is 16.4. The van der Waals surface area contributed by atoms with Gasteiger partial charge < -0.3 is 24.4 Å². The van der Waals surface area contributed by atoms with Crippen molar-refractivity contribution in [3.8, 4) is 11.5 Å². The number of carbonyl (C=O) groups excluding carboxylic acids is 1. The number of nitrogens with zero attached hydrogens (tertiary/aromatic N) is 1. The van der Waals surface area contributed by atoms with Crippen molar-refractivity contribution in [2.75, 3.05) is 12.1 Å². The predicted octanol–water partition coefficient (Wildman–Crippen LogP) is 3.76. The molecule has 0 spiro atoms. The normalized spacial score (nSPS) is 27.3. The summed E-state index contributed by atoms with van der Waals surface area (Å²) in [7, 11) is 0. The van der Waals surface area contributed by atoms with E-state index in [0.29, 0.717) is 6.04 Å². The first-order chi connectivity index (χ1) is 11.9. The molecule has 3 heterocycles. The van der Waals surface area contributed by atoms with Crippen LogP contribution in [0.2, 0.25) is 0 Å². The minimum Gasteiger partial charge on any atom is -0.454 e. The van der Waals surface area contributed by atoms with Gasteiger partial charge >= 0.3 is 6.09 Å². The number of hydrogen-bond donors (Lipinski definition) is 1. The molecule has 6 heteroatoms. The Morgan fingerprint density at radius 3 is 2.52 bits per heavy atom. The van der Waals surface area contributed by atoms with Crippen molar-refractivity contribution in [1.29, 1.82) is 0 Å². The van der Waals surface area contributed by atoms with E-state index in [1.54, 1.807) is 0 Å². The molecule has 0 aliphatic carbocycles. The van der Waals surface area contributed by atoms with Gasteiger partial charge in [-0.25, -0.2) is 4.79 Å². The predicted molar refractivity (Wildman–Crippen MR) is 94.1 cm³/mol. The third-order valence-corrected chi connectivity index (χ3v) is 5.08. The van der Waals surface area contributed by atoms with Crippen LogP contribution in [0.3, 0.4) is 0 Å². The van der Waals surface area contributed by atoms with E-state index in [9.17, 15) is 4.79 Å². The maximum Gasteiger partial charge on any atom is 0.410 e. The second kappa shape index (κ2) is 6.00. The summed E-state index contributed by atoms with van der Waals surface area (Å²) < 4.78 is 16.4. The van der Waals surface area contributed by atoms with Crippen LogP contribution in [0.25, 0.3) is 0 Å². The molecule has 1 N–H and O–H groups in total. The number of benzene rings is 1. The van der Waals surface area contributed by atoms with Crippen LogP contribution in [-0.2, 0) is 4.74 Å². The van der Waals surface area contributed by atoms with Gasteiger partial charge in [-0.15, -0.1) is 0 Å². The topological polar surface area (TPSA) is 60.0 Å². The van der Waals surface area contributed by atoms with Crippen molar-refractivity contribution in [3.63, 3.8) is 0 Å². The highest BCUT2D eigenvalue weighted by atomic mass is 16.7. The molecular weight excluding hydrogens is 320 g/mol. The van der Waals surface area contributed by atoms with E-state index in [-0.39, 0.29) is 25.0 Å². The van der Waals surface area contributed by atoms with Crippen LogP contribution in [0.1, 0.15) is 46.5 Å². The molecule has 4 rings (SSSR count). The SMILES string of the molecule is CC(C)(C)OC(=O)N1C2CCC1CC(Nc1ccc3c(c1)OCO3)C2. The molecule has 2 bridgehead atoms. The first-order valence-electron chi connectivity index (χ1n) is 9.06. The van der Waals surface area contributed by atoms with Crippen molar-refractivity contribution in [3.05, 3.63) is 18.2 Å². The number of amides is 1. The number of piperidine rings is 1. The smallest absolute Gasteiger partial charge is 0.410 e. The van der Waals surface area contributed by atoms with Gasteiger partial charge in [-0.1, -0.05) is 0 Å². The van der Waals surface area contributed by atoms with Gasteiger partial charge in [-0.3, -0.25) is 0 Å². The van der Waals surface area contributed by atoms with Gasteiger partial charge in [0.15, 0.2) is 11.5 Å². The highest BCUT2D eigenvalue weighted by Gasteiger charge is 2.44. The minimum atomic E-state index is -0.446. The van der Waals surface area contributed by atoms with Gasteiger partial charge in [-0.05, 0) is 58.6 Å². The Morgan fingerprint density at radius 1 is 1.16 bits per heavy atom. The standard InChI is InChI=1S/C19H26N2O4/c1-19(2,3)25-18(22)21-14-5-6-15(21)9-13(8-14)20-12-4-7-16-17(10-12)24-11-23-16/h4,7,10,13-15,20H,5-6,8-9,11H2,1-3H3. The van der Waals surface area contributed by atoms with Gasteiger partial charge in [0.1, 0.15) is 5.60 Å². The van der Waals surface area contributed by atoms with E-state index in [2.05, 4.69) is 5.32 Å². The number of nitrogens with one attached hydrogen (secondary N) is 1. The molecule has 0 saturated carbocycles. The van der Waals surface area contributed by atoms with E-state index in [0.717, 1.165) is 42.9 Å². The maximum atomic E-state index is 12.5. The molecule has 25 heavy (non-hydrogen) atoms. The van der Waals surface area contributed by atoms with Crippen molar-refractivity contribution < 1.29 is 19.0 Å². The highest BCUT2D eigenvalue weighted by molar-refractivity contribution is 5.70. The second-order valence-electron chi connectivity index (χ2n) is 8.15. The molecule has 3 aliphatic heterocycles. The van der Waals surface area contributed by atoms with Gasteiger partial charge in [0.2, 0.25) is 6.79 Å².